The smallest absolute Gasteiger partial charge is 0.271 e. The quantitative estimate of drug-likeness (QED) is 0.504. The Morgan fingerprint density at radius 1 is 1.25 bits per heavy atom. The first-order valence-electron chi connectivity index (χ1n) is 6.39. The third-order valence-electron chi connectivity index (χ3n) is 3.43. The van der Waals surface area contributed by atoms with Crippen LogP contribution in [-0.4, -0.2) is 23.7 Å². The molecule has 7 nitrogen and oxygen atoms in total. The molecule has 0 unspecified atom stereocenters. The molecule has 0 heterocycles. The summed E-state index contributed by atoms with van der Waals surface area (Å²) in [5.41, 5.74) is -0.422. The van der Waals surface area contributed by atoms with E-state index < -0.39 is 20.2 Å². The van der Waals surface area contributed by atoms with Gasteiger partial charge in [0.05, 0.1) is 15.9 Å². The number of phenols is 1. The standard InChI is InChI=1S/C12H16N2O5S/c15-12-7-6-9(14(16)17)8-11(12)13-20(18,19)10-4-2-1-3-5-10/h6-8,10,13,15H,1-5H2. The SMILES string of the molecule is O=[N+]([O-])c1ccc(O)c(NS(=O)(=O)C2CCCCC2)c1. The van der Waals surface area contributed by atoms with Crippen LogP contribution in [0.25, 0.3) is 0 Å². The third kappa shape index (κ3) is 3.19. The van der Waals surface area contributed by atoms with Crippen molar-refractivity contribution < 1.29 is 18.4 Å². The normalized spacial score (nSPS) is 16.8. The first-order chi connectivity index (χ1) is 9.40. The second-order valence-corrected chi connectivity index (χ2v) is 6.83. The molecular weight excluding hydrogens is 284 g/mol. The molecule has 1 aliphatic carbocycles. The second kappa shape index (κ2) is 5.66. The Kier molecular flexibility index (Phi) is 4.12. The van der Waals surface area contributed by atoms with E-state index in [9.17, 15) is 23.6 Å². The molecule has 20 heavy (non-hydrogen) atoms. The summed E-state index contributed by atoms with van der Waals surface area (Å²) in [5.74, 6) is -0.324. The molecule has 1 aromatic carbocycles. The number of non-ortho nitro benzene ring substituents is 1. The van der Waals surface area contributed by atoms with Crippen LogP contribution in [0.5, 0.6) is 5.75 Å². The molecule has 8 heteroatoms. The van der Waals surface area contributed by atoms with Crippen LogP contribution >= 0.6 is 0 Å². The van der Waals surface area contributed by atoms with E-state index in [0.717, 1.165) is 37.5 Å². The lowest BCUT2D eigenvalue weighted by Crippen LogP contribution is -2.29. The Hall–Kier alpha value is -1.83. The number of rotatable bonds is 4. The Morgan fingerprint density at radius 3 is 2.50 bits per heavy atom. The van der Waals surface area contributed by atoms with Crippen LogP contribution in [0, 0.1) is 10.1 Å². The molecule has 2 rings (SSSR count). The maximum Gasteiger partial charge on any atom is 0.271 e. The van der Waals surface area contributed by atoms with Gasteiger partial charge in [-0.3, -0.25) is 14.8 Å². The number of sulfonamides is 1. The highest BCUT2D eigenvalue weighted by Crippen LogP contribution is 2.31. The van der Waals surface area contributed by atoms with E-state index in [-0.39, 0.29) is 17.1 Å². The molecule has 1 aliphatic rings. The second-order valence-electron chi connectivity index (χ2n) is 4.87. The summed E-state index contributed by atoms with van der Waals surface area (Å²) < 4.78 is 26.7. The number of nitrogens with one attached hydrogen (secondary N) is 1. The van der Waals surface area contributed by atoms with Crippen molar-refractivity contribution in [1.82, 2.24) is 0 Å². The summed E-state index contributed by atoms with van der Waals surface area (Å²) in [6.07, 6.45) is 3.88. The number of benzene rings is 1. The van der Waals surface area contributed by atoms with Crippen molar-refractivity contribution in [1.29, 1.82) is 0 Å². The lowest BCUT2D eigenvalue weighted by atomic mass is 10.0. The van der Waals surface area contributed by atoms with Crippen LogP contribution < -0.4 is 4.72 Å². The van der Waals surface area contributed by atoms with E-state index >= 15 is 0 Å². The minimum atomic E-state index is -3.63. The molecule has 0 saturated heterocycles. The summed E-state index contributed by atoms with van der Waals surface area (Å²) in [6.45, 7) is 0. The summed E-state index contributed by atoms with van der Waals surface area (Å²) in [6, 6.07) is 3.25. The van der Waals surface area contributed by atoms with Crippen molar-refractivity contribution in [2.45, 2.75) is 37.4 Å². The number of anilines is 1. The number of nitro benzene ring substituents is 1. The van der Waals surface area contributed by atoms with Gasteiger partial charge in [-0.1, -0.05) is 19.3 Å². The van der Waals surface area contributed by atoms with Gasteiger partial charge >= 0.3 is 0 Å². The minimum Gasteiger partial charge on any atom is -0.506 e. The molecule has 0 spiro atoms. The number of nitrogens with zero attached hydrogens (tertiary/aromatic N) is 1. The Balaban J connectivity index is 2.24. The summed E-state index contributed by atoms with van der Waals surface area (Å²) in [4.78, 5) is 10.0. The van der Waals surface area contributed by atoms with Gasteiger partial charge in [0.15, 0.2) is 0 Å². The molecule has 0 aliphatic heterocycles. The number of nitro groups is 1. The average Bonchev–Trinajstić information content (AvgIpc) is 2.42. The van der Waals surface area contributed by atoms with Gasteiger partial charge in [0.25, 0.3) is 5.69 Å². The zero-order valence-corrected chi connectivity index (χ0v) is 11.6. The fourth-order valence-electron chi connectivity index (χ4n) is 2.33. The Labute approximate surface area is 116 Å². The number of hydrogen-bond donors (Lipinski definition) is 2. The highest BCUT2D eigenvalue weighted by molar-refractivity contribution is 7.93. The highest BCUT2D eigenvalue weighted by atomic mass is 32.2. The van der Waals surface area contributed by atoms with Gasteiger partial charge in [0.2, 0.25) is 10.0 Å². The van der Waals surface area contributed by atoms with Crippen LogP contribution in [-0.2, 0) is 10.0 Å². The molecule has 1 aromatic rings. The predicted molar refractivity (Wildman–Crippen MR) is 74.2 cm³/mol. The van der Waals surface area contributed by atoms with Crippen LogP contribution in [0.2, 0.25) is 0 Å². The Morgan fingerprint density at radius 2 is 1.90 bits per heavy atom. The van der Waals surface area contributed by atoms with Crippen molar-refractivity contribution in [3.63, 3.8) is 0 Å². The van der Waals surface area contributed by atoms with E-state index in [0.29, 0.717) is 12.8 Å². The van der Waals surface area contributed by atoms with Gasteiger partial charge < -0.3 is 5.11 Å². The van der Waals surface area contributed by atoms with E-state index in [2.05, 4.69) is 4.72 Å². The molecule has 2 N–H and O–H groups in total. The summed E-state index contributed by atoms with van der Waals surface area (Å²) in [7, 11) is -3.63. The lowest BCUT2D eigenvalue weighted by molar-refractivity contribution is -0.384. The summed E-state index contributed by atoms with van der Waals surface area (Å²) in [5, 5.41) is 19.8. The molecule has 0 amide bonds. The van der Waals surface area contributed by atoms with Gasteiger partial charge in [0.1, 0.15) is 5.75 Å². The van der Waals surface area contributed by atoms with Gasteiger partial charge in [-0.15, -0.1) is 0 Å². The molecule has 0 radical (unpaired) electrons. The molecule has 0 aromatic heterocycles. The maximum absolute atomic E-state index is 12.2. The minimum absolute atomic E-state index is 0.148. The van der Waals surface area contributed by atoms with E-state index in [1.807, 2.05) is 0 Å². The monoisotopic (exact) mass is 300 g/mol. The lowest BCUT2D eigenvalue weighted by Gasteiger charge is -2.22. The Bertz CT molecular complexity index is 608. The molecular formula is C12H16N2O5S. The van der Waals surface area contributed by atoms with Crippen LogP contribution in [0.3, 0.4) is 0 Å². The van der Waals surface area contributed by atoms with Gasteiger partial charge in [-0.25, -0.2) is 8.42 Å². The van der Waals surface area contributed by atoms with Gasteiger partial charge in [0, 0.05) is 12.1 Å². The number of hydrogen-bond acceptors (Lipinski definition) is 5. The van der Waals surface area contributed by atoms with Gasteiger partial charge in [-0.2, -0.15) is 0 Å². The number of aromatic hydroxyl groups is 1. The maximum atomic E-state index is 12.2. The molecule has 1 fully saturated rings. The topological polar surface area (TPSA) is 110 Å². The van der Waals surface area contributed by atoms with Crippen LogP contribution in [0.15, 0.2) is 18.2 Å². The summed E-state index contributed by atoms with van der Waals surface area (Å²) >= 11 is 0. The van der Waals surface area contributed by atoms with Crippen molar-refractivity contribution in [3.05, 3.63) is 28.3 Å². The molecule has 1 saturated carbocycles. The fraction of sp³-hybridized carbons (Fsp3) is 0.500. The zero-order valence-electron chi connectivity index (χ0n) is 10.8. The van der Waals surface area contributed by atoms with E-state index in [4.69, 9.17) is 0 Å². The fourth-order valence-corrected chi connectivity index (χ4v) is 3.92. The van der Waals surface area contributed by atoms with Gasteiger partial charge in [-0.05, 0) is 18.9 Å². The molecule has 0 atom stereocenters. The first-order valence-corrected chi connectivity index (χ1v) is 7.94. The van der Waals surface area contributed by atoms with Crippen LogP contribution in [0.1, 0.15) is 32.1 Å². The van der Waals surface area contributed by atoms with Crippen molar-refractivity contribution in [3.8, 4) is 5.75 Å². The van der Waals surface area contributed by atoms with Crippen LogP contribution in [0.4, 0.5) is 11.4 Å². The highest BCUT2D eigenvalue weighted by Gasteiger charge is 2.28. The van der Waals surface area contributed by atoms with Crippen molar-refractivity contribution >= 4 is 21.4 Å². The number of phenolic OH excluding ortho intramolecular Hbond substituents is 1. The molecule has 0 bridgehead atoms. The van der Waals surface area contributed by atoms with E-state index in [1.54, 1.807) is 0 Å². The first kappa shape index (κ1) is 14.6. The third-order valence-corrected chi connectivity index (χ3v) is 5.29. The largest absolute Gasteiger partial charge is 0.506 e. The zero-order chi connectivity index (χ0) is 14.8. The van der Waals surface area contributed by atoms with Crippen molar-refractivity contribution in [2.75, 3.05) is 4.72 Å². The molecule has 110 valence electrons. The van der Waals surface area contributed by atoms with E-state index in [1.165, 1.54) is 0 Å². The van der Waals surface area contributed by atoms with Crippen molar-refractivity contribution in [2.24, 2.45) is 0 Å². The average molecular weight is 300 g/mol. The predicted octanol–water partition coefficient (Wildman–Crippen LogP) is 2.37.